The van der Waals surface area contributed by atoms with Crippen LogP contribution in [-0.4, -0.2) is 29.8 Å². The normalized spacial score (nSPS) is 12.0. The summed E-state index contributed by atoms with van der Waals surface area (Å²) in [4.78, 5) is 25.3. The predicted octanol–water partition coefficient (Wildman–Crippen LogP) is 3.55. The van der Waals surface area contributed by atoms with Crippen LogP contribution in [0.5, 0.6) is 0 Å². The summed E-state index contributed by atoms with van der Waals surface area (Å²) in [6, 6.07) is 11.4. The molecule has 0 saturated carbocycles. The van der Waals surface area contributed by atoms with Gasteiger partial charge in [-0.25, -0.2) is 0 Å². The Kier molecular flexibility index (Phi) is 6.42. The molecule has 0 fully saturated rings. The summed E-state index contributed by atoms with van der Waals surface area (Å²) in [7, 11) is 1.83. The number of nitrogens with one attached hydrogen (secondary N) is 1. The molecule has 2 amide bonds. The molecule has 7 heteroatoms. The number of halogens is 2. The first-order valence-electron chi connectivity index (χ1n) is 7.63. The van der Waals surface area contributed by atoms with E-state index in [4.69, 9.17) is 28.9 Å². The molecule has 0 bridgehead atoms. The van der Waals surface area contributed by atoms with Crippen molar-refractivity contribution in [2.24, 2.45) is 5.73 Å². The molecule has 0 aliphatic heterocycles. The van der Waals surface area contributed by atoms with Crippen molar-refractivity contribution in [2.75, 3.05) is 12.4 Å². The predicted molar refractivity (Wildman–Crippen MR) is 101 cm³/mol. The third-order valence-electron chi connectivity index (χ3n) is 3.93. The molecule has 25 heavy (non-hydrogen) atoms. The van der Waals surface area contributed by atoms with E-state index in [9.17, 15) is 9.59 Å². The number of amides is 2. The Bertz CT molecular complexity index is 778. The van der Waals surface area contributed by atoms with Gasteiger partial charge in [-0.15, -0.1) is 0 Å². The zero-order valence-corrected chi connectivity index (χ0v) is 15.4. The first-order chi connectivity index (χ1) is 11.8. The summed E-state index contributed by atoms with van der Waals surface area (Å²) in [5.41, 5.74) is 7.03. The fourth-order valence-electron chi connectivity index (χ4n) is 2.24. The minimum Gasteiger partial charge on any atom is -0.366 e. The third-order valence-corrected chi connectivity index (χ3v) is 4.79. The lowest BCUT2D eigenvalue weighted by Crippen LogP contribution is -2.39. The monoisotopic (exact) mass is 379 g/mol. The summed E-state index contributed by atoms with van der Waals surface area (Å²) in [5, 5.41) is 3.79. The number of carbonyl (C=O) groups is 2. The van der Waals surface area contributed by atoms with E-state index in [0.717, 1.165) is 5.56 Å². The molecule has 0 aliphatic rings. The Balaban J connectivity index is 2.01. The second kappa shape index (κ2) is 8.34. The minimum absolute atomic E-state index is 0.174. The molecule has 2 aromatic carbocycles. The fourth-order valence-corrected chi connectivity index (χ4v) is 2.62. The van der Waals surface area contributed by atoms with Crippen LogP contribution >= 0.6 is 23.2 Å². The van der Waals surface area contributed by atoms with Crippen LogP contribution in [0, 0.1) is 0 Å². The second-order valence-electron chi connectivity index (χ2n) is 5.73. The maximum Gasteiger partial charge on any atom is 0.248 e. The highest BCUT2D eigenvalue weighted by Gasteiger charge is 2.19. The Morgan fingerprint density at radius 1 is 1.16 bits per heavy atom. The van der Waals surface area contributed by atoms with E-state index in [2.05, 4.69) is 5.32 Å². The number of carbonyl (C=O) groups excluding carboxylic acids is 2. The van der Waals surface area contributed by atoms with Crippen molar-refractivity contribution in [3.05, 3.63) is 63.6 Å². The molecule has 0 aliphatic carbocycles. The van der Waals surface area contributed by atoms with Gasteiger partial charge in [0.2, 0.25) is 11.8 Å². The van der Waals surface area contributed by atoms with Gasteiger partial charge in [0.15, 0.2) is 0 Å². The lowest BCUT2D eigenvalue weighted by Gasteiger charge is -2.24. The Morgan fingerprint density at radius 2 is 1.80 bits per heavy atom. The van der Waals surface area contributed by atoms with Gasteiger partial charge in [-0.1, -0.05) is 35.3 Å². The topological polar surface area (TPSA) is 75.4 Å². The van der Waals surface area contributed by atoms with E-state index in [0.29, 0.717) is 27.8 Å². The third kappa shape index (κ3) is 4.95. The highest BCUT2D eigenvalue weighted by Crippen LogP contribution is 2.26. The standard InChI is InChI=1S/C18H19Cl2N3O2/c1-11(23(2)10-13-4-3-5-15(19)16(13)20)18(25)22-14-8-6-12(7-9-14)17(21)24/h3-9,11H,10H2,1-2H3,(H2,21,24)(H,22,25)/t11-/m1/s1. The maximum absolute atomic E-state index is 12.4. The van der Waals surface area contributed by atoms with E-state index < -0.39 is 11.9 Å². The van der Waals surface area contributed by atoms with E-state index in [1.165, 1.54) is 0 Å². The molecule has 0 saturated heterocycles. The Labute approximate surface area is 156 Å². The van der Waals surface area contributed by atoms with Crippen molar-refractivity contribution < 1.29 is 9.59 Å². The summed E-state index contributed by atoms with van der Waals surface area (Å²) in [6.45, 7) is 2.28. The smallest absolute Gasteiger partial charge is 0.248 e. The van der Waals surface area contributed by atoms with Crippen LogP contribution in [0.1, 0.15) is 22.8 Å². The van der Waals surface area contributed by atoms with E-state index in [1.54, 1.807) is 37.3 Å². The number of nitrogens with two attached hydrogens (primary N) is 1. The number of hydrogen-bond acceptors (Lipinski definition) is 3. The van der Waals surface area contributed by atoms with Crippen LogP contribution in [0.3, 0.4) is 0 Å². The summed E-state index contributed by atoms with van der Waals surface area (Å²) in [6.07, 6.45) is 0. The molecule has 0 heterocycles. The van der Waals surface area contributed by atoms with Crippen molar-refractivity contribution in [1.29, 1.82) is 0 Å². The molecule has 2 aromatic rings. The van der Waals surface area contributed by atoms with Gasteiger partial charge in [0.05, 0.1) is 16.1 Å². The minimum atomic E-state index is -0.510. The molecular formula is C18H19Cl2N3O2. The number of hydrogen-bond donors (Lipinski definition) is 2. The first kappa shape index (κ1) is 19.2. The van der Waals surface area contributed by atoms with Crippen LogP contribution in [0.2, 0.25) is 10.0 Å². The lowest BCUT2D eigenvalue weighted by molar-refractivity contribution is -0.120. The van der Waals surface area contributed by atoms with Crippen molar-refractivity contribution in [2.45, 2.75) is 19.5 Å². The van der Waals surface area contributed by atoms with Crippen LogP contribution in [-0.2, 0) is 11.3 Å². The van der Waals surface area contributed by atoms with Crippen LogP contribution in [0.25, 0.3) is 0 Å². The zero-order valence-electron chi connectivity index (χ0n) is 13.9. The van der Waals surface area contributed by atoms with Gasteiger partial charge in [-0.2, -0.15) is 0 Å². The highest BCUT2D eigenvalue weighted by atomic mass is 35.5. The lowest BCUT2D eigenvalue weighted by atomic mass is 10.1. The van der Waals surface area contributed by atoms with Crippen molar-refractivity contribution >= 4 is 40.7 Å². The molecular weight excluding hydrogens is 361 g/mol. The number of primary amides is 1. The van der Waals surface area contributed by atoms with Gasteiger partial charge >= 0.3 is 0 Å². The number of rotatable bonds is 6. The summed E-state index contributed by atoms with van der Waals surface area (Å²) in [5.74, 6) is -0.683. The number of benzene rings is 2. The molecule has 5 nitrogen and oxygen atoms in total. The molecule has 0 aromatic heterocycles. The van der Waals surface area contributed by atoms with E-state index >= 15 is 0 Å². The van der Waals surface area contributed by atoms with Gasteiger partial charge < -0.3 is 11.1 Å². The highest BCUT2D eigenvalue weighted by molar-refractivity contribution is 6.42. The largest absolute Gasteiger partial charge is 0.366 e. The molecule has 0 radical (unpaired) electrons. The van der Waals surface area contributed by atoms with E-state index in [-0.39, 0.29) is 5.91 Å². The molecule has 3 N–H and O–H groups in total. The van der Waals surface area contributed by atoms with Crippen LogP contribution < -0.4 is 11.1 Å². The van der Waals surface area contributed by atoms with Crippen molar-refractivity contribution in [1.82, 2.24) is 4.90 Å². The fraction of sp³-hybridized carbons (Fsp3) is 0.222. The van der Waals surface area contributed by atoms with Crippen molar-refractivity contribution in [3.63, 3.8) is 0 Å². The Morgan fingerprint density at radius 3 is 2.40 bits per heavy atom. The molecule has 0 spiro atoms. The summed E-state index contributed by atoms with van der Waals surface area (Å²) >= 11 is 12.2. The number of likely N-dealkylation sites (N-methyl/N-ethyl adjacent to an activating group) is 1. The molecule has 2 rings (SSSR count). The van der Waals surface area contributed by atoms with Gasteiger partial charge in [0, 0.05) is 17.8 Å². The number of anilines is 1. The SMILES string of the molecule is C[C@H](C(=O)Nc1ccc(C(N)=O)cc1)N(C)Cc1cccc(Cl)c1Cl. The summed E-state index contributed by atoms with van der Waals surface area (Å²) < 4.78 is 0. The van der Waals surface area contributed by atoms with Crippen molar-refractivity contribution in [3.8, 4) is 0 Å². The zero-order chi connectivity index (χ0) is 18.6. The number of nitrogens with zero attached hydrogens (tertiary/aromatic N) is 1. The molecule has 0 unspecified atom stereocenters. The van der Waals surface area contributed by atoms with Gasteiger partial charge in [0.25, 0.3) is 0 Å². The van der Waals surface area contributed by atoms with Crippen LogP contribution in [0.4, 0.5) is 5.69 Å². The second-order valence-corrected chi connectivity index (χ2v) is 6.52. The van der Waals surface area contributed by atoms with Gasteiger partial charge in [0.1, 0.15) is 0 Å². The molecule has 1 atom stereocenters. The average molecular weight is 380 g/mol. The average Bonchev–Trinajstić information content (AvgIpc) is 2.58. The quantitative estimate of drug-likeness (QED) is 0.805. The maximum atomic E-state index is 12.4. The van der Waals surface area contributed by atoms with Gasteiger partial charge in [-0.3, -0.25) is 14.5 Å². The Hall–Kier alpha value is -2.08. The molecule has 132 valence electrons. The first-order valence-corrected chi connectivity index (χ1v) is 8.39. The van der Waals surface area contributed by atoms with Crippen LogP contribution in [0.15, 0.2) is 42.5 Å². The van der Waals surface area contributed by atoms with E-state index in [1.807, 2.05) is 24.1 Å². The van der Waals surface area contributed by atoms with Gasteiger partial charge in [-0.05, 0) is 49.9 Å².